The summed E-state index contributed by atoms with van der Waals surface area (Å²) in [5.41, 5.74) is 1.48. The Hall–Kier alpha value is -2.20. The van der Waals surface area contributed by atoms with Gasteiger partial charge in [0.15, 0.2) is 11.5 Å². The van der Waals surface area contributed by atoms with Gasteiger partial charge in [-0.2, -0.15) is 0 Å². The largest absolute Gasteiger partial charge is 0.454 e. The Balaban J connectivity index is 1.76. The highest BCUT2D eigenvalue weighted by Crippen LogP contribution is 2.32. The fourth-order valence-electron chi connectivity index (χ4n) is 2.23. The van der Waals surface area contributed by atoms with E-state index in [0.717, 1.165) is 11.3 Å². The van der Waals surface area contributed by atoms with Gasteiger partial charge in [0, 0.05) is 13.6 Å². The van der Waals surface area contributed by atoms with Gasteiger partial charge in [-0.3, -0.25) is 4.79 Å². The molecule has 21 heavy (non-hydrogen) atoms. The zero-order valence-electron chi connectivity index (χ0n) is 11.5. The van der Waals surface area contributed by atoms with Crippen LogP contribution < -0.4 is 9.47 Å². The molecule has 0 spiro atoms. The predicted molar refractivity (Wildman–Crippen MR) is 79.8 cm³/mol. The van der Waals surface area contributed by atoms with Crippen molar-refractivity contribution in [2.24, 2.45) is 0 Å². The molecule has 0 radical (unpaired) electrons. The summed E-state index contributed by atoms with van der Waals surface area (Å²) in [6, 6.07) is 12.7. The molecule has 1 amide bonds. The Labute approximate surface area is 127 Å². The van der Waals surface area contributed by atoms with E-state index in [1.165, 1.54) is 0 Å². The summed E-state index contributed by atoms with van der Waals surface area (Å²) in [7, 11) is 1.75. The Morgan fingerprint density at radius 2 is 1.95 bits per heavy atom. The number of halogens is 1. The van der Waals surface area contributed by atoms with E-state index in [1.54, 1.807) is 36.2 Å². The van der Waals surface area contributed by atoms with Gasteiger partial charge in [0.2, 0.25) is 6.79 Å². The number of carbonyl (C=O) groups is 1. The summed E-state index contributed by atoms with van der Waals surface area (Å²) in [6.07, 6.45) is 0. The molecular weight excluding hydrogens is 290 g/mol. The van der Waals surface area contributed by atoms with E-state index in [0.29, 0.717) is 22.9 Å². The SMILES string of the molecule is CN(Cc1ccc2c(c1)OCO2)C(=O)c1ccccc1Cl. The molecule has 0 bridgehead atoms. The van der Waals surface area contributed by atoms with Gasteiger partial charge in [-0.1, -0.05) is 29.8 Å². The second-order valence-electron chi connectivity index (χ2n) is 4.83. The zero-order valence-corrected chi connectivity index (χ0v) is 12.3. The minimum absolute atomic E-state index is 0.113. The topological polar surface area (TPSA) is 38.8 Å². The number of rotatable bonds is 3. The zero-order chi connectivity index (χ0) is 14.8. The lowest BCUT2D eigenvalue weighted by Crippen LogP contribution is -2.26. The van der Waals surface area contributed by atoms with E-state index < -0.39 is 0 Å². The first-order valence-corrected chi connectivity index (χ1v) is 6.91. The normalized spacial score (nSPS) is 12.3. The molecule has 1 aliphatic rings. The van der Waals surface area contributed by atoms with Crippen molar-refractivity contribution < 1.29 is 14.3 Å². The van der Waals surface area contributed by atoms with Gasteiger partial charge in [0.1, 0.15) is 0 Å². The van der Waals surface area contributed by atoms with Crippen LogP contribution in [0.15, 0.2) is 42.5 Å². The summed E-state index contributed by atoms with van der Waals surface area (Å²) < 4.78 is 10.6. The van der Waals surface area contributed by atoms with E-state index in [2.05, 4.69) is 0 Å². The highest BCUT2D eigenvalue weighted by molar-refractivity contribution is 6.33. The number of benzene rings is 2. The lowest BCUT2D eigenvalue weighted by atomic mass is 10.1. The van der Waals surface area contributed by atoms with E-state index in [-0.39, 0.29) is 12.7 Å². The van der Waals surface area contributed by atoms with Crippen molar-refractivity contribution in [2.45, 2.75) is 6.54 Å². The number of hydrogen-bond donors (Lipinski definition) is 0. The third-order valence-electron chi connectivity index (χ3n) is 3.31. The van der Waals surface area contributed by atoms with E-state index in [1.807, 2.05) is 18.2 Å². The standard InChI is InChI=1S/C16H14ClNO3/c1-18(16(19)12-4-2-3-5-13(12)17)9-11-6-7-14-15(8-11)21-10-20-14/h2-8H,9-10H2,1H3. The summed E-state index contributed by atoms with van der Waals surface area (Å²) in [6.45, 7) is 0.716. The molecule has 0 atom stereocenters. The molecule has 108 valence electrons. The number of hydrogen-bond acceptors (Lipinski definition) is 3. The summed E-state index contributed by atoms with van der Waals surface area (Å²) in [4.78, 5) is 14.0. The minimum Gasteiger partial charge on any atom is -0.454 e. The minimum atomic E-state index is -0.113. The highest BCUT2D eigenvalue weighted by atomic mass is 35.5. The maximum absolute atomic E-state index is 12.4. The number of fused-ring (bicyclic) bond motifs is 1. The van der Waals surface area contributed by atoms with Crippen LogP contribution >= 0.6 is 11.6 Å². The number of ether oxygens (including phenoxy) is 2. The second-order valence-corrected chi connectivity index (χ2v) is 5.24. The van der Waals surface area contributed by atoms with Crippen LogP contribution in [0.25, 0.3) is 0 Å². The van der Waals surface area contributed by atoms with Crippen LogP contribution in [-0.2, 0) is 6.54 Å². The average molecular weight is 304 g/mol. The van der Waals surface area contributed by atoms with Crippen molar-refractivity contribution in [3.63, 3.8) is 0 Å². The molecule has 4 nitrogen and oxygen atoms in total. The fraction of sp³-hybridized carbons (Fsp3) is 0.188. The molecule has 0 fully saturated rings. The van der Waals surface area contributed by atoms with Crippen molar-refractivity contribution >= 4 is 17.5 Å². The molecule has 3 rings (SSSR count). The molecule has 2 aromatic carbocycles. The van der Waals surface area contributed by atoms with Gasteiger partial charge >= 0.3 is 0 Å². The van der Waals surface area contributed by atoms with Crippen molar-refractivity contribution in [2.75, 3.05) is 13.8 Å². The van der Waals surface area contributed by atoms with E-state index in [9.17, 15) is 4.79 Å². The fourth-order valence-corrected chi connectivity index (χ4v) is 2.44. The predicted octanol–water partition coefficient (Wildman–Crippen LogP) is 3.34. The quantitative estimate of drug-likeness (QED) is 0.873. The van der Waals surface area contributed by atoms with Gasteiger partial charge in [-0.15, -0.1) is 0 Å². The average Bonchev–Trinajstić information content (AvgIpc) is 2.94. The second kappa shape index (κ2) is 5.66. The van der Waals surface area contributed by atoms with Gasteiger partial charge in [-0.25, -0.2) is 0 Å². The number of carbonyl (C=O) groups excluding carboxylic acids is 1. The Morgan fingerprint density at radius 1 is 1.19 bits per heavy atom. The molecule has 0 N–H and O–H groups in total. The summed E-state index contributed by atoms with van der Waals surface area (Å²) in [5.74, 6) is 1.34. The molecule has 0 aromatic heterocycles. The third-order valence-corrected chi connectivity index (χ3v) is 3.64. The van der Waals surface area contributed by atoms with E-state index in [4.69, 9.17) is 21.1 Å². The molecule has 0 aliphatic carbocycles. The Bertz CT molecular complexity index is 687. The molecule has 0 unspecified atom stereocenters. The summed E-state index contributed by atoms with van der Waals surface area (Å²) in [5, 5.41) is 0.458. The molecule has 0 saturated heterocycles. The number of amides is 1. The van der Waals surface area contributed by atoms with Crippen molar-refractivity contribution in [1.82, 2.24) is 4.90 Å². The number of nitrogens with zero attached hydrogens (tertiary/aromatic N) is 1. The monoisotopic (exact) mass is 303 g/mol. The first-order valence-electron chi connectivity index (χ1n) is 6.53. The van der Waals surface area contributed by atoms with Crippen molar-refractivity contribution in [3.05, 3.63) is 58.6 Å². The first-order chi connectivity index (χ1) is 10.1. The molecule has 5 heteroatoms. The van der Waals surface area contributed by atoms with Crippen LogP contribution in [0.3, 0.4) is 0 Å². The van der Waals surface area contributed by atoms with Crippen LogP contribution in [0, 0.1) is 0 Å². The van der Waals surface area contributed by atoms with Crippen molar-refractivity contribution in [1.29, 1.82) is 0 Å². The third kappa shape index (κ3) is 2.81. The van der Waals surface area contributed by atoms with Crippen LogP contribution in [0.4, 0.5) is 0 Å². The van der Waals surface area contributed by atoms with Crippen LogP contribution in [0.5, 0.6) is 11.5 Å². The summed E-state index contributed by atoms with van der Waals surface area (Å²) >= 11 is 6.06. The van der Waals surface area contributed by atoms with Gasteiger partial charge in [0.25, 0.3) is 5.91 Å². The van der Waals surface area contributed by atoms with Crippen LogP contribution in [-0.4, -0.2) is 24.6 Å². The van der Waals surface area contributed by atoms with Gasteiger partial charge in [0.05, 0.1) is 10.6 Å². The lowest BCUT2D eigenvalue weighted by molar-refractivity contribution is 0.0785. The van der Waals surface area contributed by atoms with Gasteiger partial charge in [-0.05, 0) is 29.8 Å². The Kier molecular flexibility index (Phi) is 3.71. The molecule has 1 heterocycles. The highest BCUT2D eigenvalue weighted by Gasteiger charge is 2.17. The first kappa shape index (κ1) is 13.8. The van der Waals surface area contributed by atoms with Crippen molar-refractivity contribution in [3.8, 4) is 11.5 Å². The Morgan fingerprint density at radius 3 is 2.76 bits per heavy atom. The maximum atomic E-state index is 12.4. The smallest absolute Gasteiger partial charge is 0.255 e. The molecule has 2 aromatic rings. The molecule has 0 saturated carbocycles. The van der Waals surface area contributed by atoms with Gasteiger partial charge < -0.3 is 14.4 Å². The molecule has 1 aliphatic heterocycles. The maximum Gasteiger partial charge on any atom is 0.255 e. The van der Waals surface area contributed by atoms with Crippen LogP contribution in [0.1, 0.15) is 15.9 Å². The van der Waals surface area contributed by atoms with Crippen LogP contribution in [0.2, 0.25) is 5.02 Å². The van der Waals surface area contributed by atoms with E-state index >= 15 is 0 Å². The molecular formula is C16H14ClNO3. The lowest BCUT2D eigenvalue weighted by Gasteiger charge is -2.18.